The molecule has 0 amide bonds. The lowest BCUT2D eigenvalue weighted by atomic mass is 9.99. The van der Waals surface area contributed by atoms with Gasteiger partial charge in [0.25, 0.3) is 0 Å². The van der Waals surface area contributed by atoms with E-state index < -0.39 is 0 Å². The van der Waals surface area contributed by atoms with E-state index in [9.17, 15) is 0 Å². The number of aromatic nitrogens is 4. The van der Waals surface area contributed by atoms with Crippen molar-refractivity contribution in [2.75, 3.05) is 6.54 Å². The maximum absolute atomic E-state index is 4.66. The van der Waals surface area contributed by atoms with E-state index in [4.69, 9.17) is 0 Å². The number of thiazole rings is 1. The van der Waals surface area contributed by atoms with Crippen LogP contribution in [0.25, 0.3) is 4.96 Å². The highest BCUT2D eigenvalue weighted by molar-refractivity contribution is 7.15. The van der Waals surface area contributed by atoms with E-state index >= 15 is 0 Å². The molecular weight excluding hydrogens is 282 g/mol. The lowest BCUT2D eigenvalue weighted by molar-refractivity contribution is 0.135. The first-order chi connectivity index (χ1) is 10.3. The highest BCUT2D eigenvalue weighted by Gasteiger charge is 2.26. The largest absolute Gasteiger partial charge is 0.293 e. The second-order valence-electron chi connectivity index (χ2n) is 5.69. The summed E-state index contributed by atoms with van der Waals surface area (Å²) in [5.74, 6) is 0. The molecule has 0 unspecified atom stereocenters. The Kier molecular flexibility index (Phi) is 3.27. The first-order valence-corrected chi connectivity index (χ1v) is 8.35. The van der Waals surface area contributed by atoms with Crippen LogP contribution in [0.15, 0.2) is 23.8 Å². The highest BCUT2D eigenvalue weighted by atomic mass is 32.1. The number of nitrogens with zero attached hydrogens (tertiary/aromatic N) is 4. The van der Waals surface area contributed by atoms with Gasteiger partial charge in [-0.05, 0) is 32.4 Å². The van der Waals surface area contributed by atoms with Crippen molar-refractivity contribution in [1.82, 2.24) is 24.5 Å². The van der Waals surface area contributed by atoms with Crippen LogP contribution in [-0.2, 0) is 6.54 Å². The van der Waals surface area contributed by atoms with Crippen LogP contribution in [0.5, 0.6) is 0 Å². The van der Waals surface area contributed by atoms with Crippen molar-refractivity contribution < 1.29 is 0 Å². The SMILES string of the molecule is Cc1nc2sccn2c1CN1CCCC[C@@H]1c1ccn[nH]1. The second kappa shape index (κ2) is 5.27. The number of likely N-dealkylation sites (tertiary alicyclic amines) is 1. The van der Waals surface area contributed by atoms with Gasteiger partial charge in [0, 0.05) is 24.3 Å². The lowest BCUT2D eigenvalue weighted by Gasteiger charge is -2.34. The van der Waals surface area contributed by atoms with Gasteiger partial charge >= 0.3 is 0 Å². The summed E-state index contributed by atoms with van der Waals surface area (Å²) in [6.45, 7) is 4.21. The van der Waals surface area contributed by atoms with Crippen molar-refractivity contribution in [3.8, 4) is 0 Å². The van der Waals surface area contributed by atoms with Gasteiger partial charge in [0.05, 0.1) is 23.1 Å². The van der Waals surface area contributed by atoms with Gasteiger partial charge in [-0.3, -0.25) is 14.4 Å². The molecule has 1 atom stereocenters. The Morgan fingerprint density at radius 1 is 1.43 bits per heavy atom. The predicted octanol–water partition coefficient (Wildman–Crippen LogP) is 3.15. The molecule has 3 aromatic rings. The minimum absolute atomic E-state index is 0.449. The Morgan fingerprint density at radius 2 is 2.38 bits per heavy atom. The lowest BCUT2D eigenvalue weighted by Crippen LogP contribution is -2.33. The molecule has 6 heteroatoms. The minimum atomic E-state index is 0.449. The predicted molar refractivity (Wildman–Crippen MR) is 83.4 cm³/mol. The fourth-order valence-electron chi connectivity index (χ4n) is 3.31. The summed E-state index contributed by atoms with van der Waals surface area (Å²) < 4.78 is 2.23. The molecule has 1 N–H and O–H groups in total. The van der Waals surface area contributed by atoms with Crippen molar-refractivity contribution in [1.29, 1.82) is 0 Å². The Balaban J connectivity index is 1.65. The summed E-state index contributed by atoms with van der Waals surface area (Å²) in [7, 11) is 0. The molecule has 4 rings (SSSR count). The van der Waals surface area contributed by atoms with Crippen LogP contribution in [0.3, 0.4) is 0 Å². The Morgan fingerprint density at radius 3 is 3.24 bits per heavy atom. The van der Waals surface area contributed by atoms with Gasteiger partial charge in [-0.15, -0.1) is 11.3 Å². The normalized spacial score (nSPS) is 20.3. The maximum atomic E-state index is 4.66. The molecule has 0 spiro atoms. The molecule has 0 radical (unpaired) electrons. The van der Waals surface area contributed by atoms with E-state index in [1.807, 2.05) is 6.20 Å². The van der Waals surface area contributed by atoms with Gasteiger partial charge in [0.2, 0.25) is 0 Å². The maximum Gasteiger partial charge on any atom is 0.194 e. The summed E-state index contributed by atoms with van der Waals surface area (Å²) in [4.78, 5) is 8.32. The van der Waals surface area contributed by atoms with Crippen LogP contribution in [-0.4, -0.2) is 31.0 Å². The van der Waals surface area contributed by atoms with Gasteiger partial charge in [0.15, 0.2) is 4.96 Å². The number of hydrogen-bond donors (Lipinski definition) is 1. The number of hydrogen-bond acceptors (Lipinski definition) is 4. The molecular formula is C15H19N5S. The number of nitrogens with one attached hydrogen (secondary N) is 1. The summed E-state index contributed by atoms with van der Waals surface area (Å²) in [6, 6.07) is 2.55. The molecule has 0 aromatic carbocycles. The molecule has 1 aliphatic rings. The minimum Gasteiger partial charge on any atom is -0.293 e. The van der Waals surface area contributed by atoms with Crippen molar-refractivity contribution in [2.24, 2.45) is 0 Å². The average Bonchev–Trinajstić information content (AvgIpc) is 3.20. The van der Waals surface area contributed by atoms with Gasteiger partial charge in [-0.1, -0.05) is 6.42 Å². The van der Waals surface area contributed by atoms with Gasteiger partial charge in [-0.25, -0.2) is 4.98 Å². The first kappa shape index (κ1) is 13.0. The van der Waals surface area contributed by atoms with Crippen molar-refractivity contribution in [2.45, 2.75) is 38.8 Å². The molecule has 3 aromatic heterocycles. The number of rotatable bonds is 3. The van der Waals surface area contributed by atoms with E-state index in [1.165, 1.54) is 30.7 Å². The molecule has 5 nitrogen and oxygen atoms in total. The zero-order valence-corrected chi connectivity index (χ0v) is 12.9. The van der Waals surface area contributed by atoms with E-state index in [0.29, 0.717) is 6.04 Å². The zero-order valence-electron chi connectivity index (χ0n) is 12.1. The molecule has 1 aliphatic heterocycles. The van der Waals surface area contributed by atoms with E-state index in [2.05, 4.69) is 49.0 Å². The molecule has 110 valence electrons. The monoisotopic (exact) mass is 301 g/mol. The summed E-state index contributed by atoms with van der Waals surface area (Å²) >= 11 is 1.70. The van der Waals surface area contributed by atoms with Crippen molar-refractivity contribution in [3.63, 3.8) is 0 Å². The van der Waals surface area contributed by atoms with Crippen LogP contribution >= 0.6 is 11.3 Å². The fourth-order valence-corrected chi connectivity index (χ4v) is 4.09. The van der Waals surface area contributed by atoms with E-state index in [-0.39, 0.29) is 0 Å². The summed E-state index contributed by atoms with van der Waals surface area (Å²) in [5, 5.41) is 9.38. The molecule has 4 heterocycles. The van der Waals surface area contributed by atoms with Gasteiger partial charge < -0.3 is 0 Å². The standard InChI is InChI=1S/C15H19N5S/c1-11-14(20-8-9-21-15(20)17-11)10-19-7-3-2-4-13(19)12-5-6-16-18-12/h5-6,8-9,13H,2-4,7,10H2,1H3,(H,16,18)/t13-/m1/s1. The third kappa shape index (κ3) is 2.28. The van der Waals surface area contributed by atoms with Crippen molar-refractivity contribution >= 4 is 16.3 Å². The Bertz CT molecular complexity index is 727. The zero-order chi connectivity index (χ0) is 14.2. The molecule has 1 fully saturated rings. The topological polar surface area (TPSA) is 49.2 Å². The summed E-state index contributed by atoms with van der Waals surface area (Å²) in [6.07, 6.45) is 7.75. The summed E-state index contributed by atoms with van der Waals surface area (Å²) in [5.41, 5.74) is 3.70. The van der Waals surface area contributed by atoms with Crippen LogP contribution in [0.1, 0.15) is 42.4 Å². The molecule has 21 heavy (non-hydrogen) atoms. The fraction of sp³-hybridized carbons (Fsp3) is 0.467. The van der Waals surface area contributed by atoms with Crippen LogP contribution in [0.2, 0.25) is 0 Å². The molecule has 1 saturated heterocycles. The quantitative estimate of drug-likeness (QED) is 0.808. The number of piperidine rings is 1. The first-order valence-electron chi connectivity index (χ1n) is 7.47. The Labute approximate surface area is 127 Å². The van der Waals surface area contributed by atoms with E-state index in [0.717, 1.165) is 23.7 Å². The molecule has 0 bridgehead atoms. The number of imidazole rings is 1. The van der Waals surface area contributed by atoms with Crippen LogP contribution < -0.4 is 0 Å². The van der Waals surface area contributed by atoms with Crippen molar-refractivity contribution in [3.05, 3.63) is 40.9 Å². The van der Waals surface area contributed by atoms with E-state index in [1.54, 1.807) is 11.3 Å². The van der Waals surface area contributed by atoms with Gasteiger partial charge in [0.1, 0.15) is 0 Å². The number of aromatic amines is 1. The Hall–Kier alpha value is -1.66. The third-order valence-electron chi connectivity index (χ3n) is 4.41. The highest BCUT2D eigenvalue weighted by Crippen LogP contribution is 2.31. The van der Waals surface area contributed by atoms with Gasteiger partial charge in [-0.2, -0.15) is 5.10 Å². The smallest absolute Gasteiger partial charge is 0.194 e. The third-order valence-corrected chi connectivity index (χ3v) is 5.17. The number of aryl methyl sites for hydroxylation is 1. The van der Waals surface area contributed by atoms with Crippen LogP contribution in [0.4, 0.5) is 0 Å². The molecule has 0 aliphatic carbocycles. The molecule has 0 saturated carbocycles. The average molecular weight is 301 g/mol. The van der Waals surface area contributed by atoms with Crippen LogP contribution in [0, 0.1) is 6.92 Å². The number of H-pyrrole nitrogens is 1. The number of fused-ring (bicyclic) bond motifs is 1. The second-order valence-corrected chi connectivity index (χ2v) is 6.57.